The molecule has 0 bridgehead atoms. The summed E-state index contributed by atoms with van der Waals surface area (Å²) in [7, 11) is 0. The Bertz CT molecular complexity index is 1320. The summed E-state index contributed by atoms with van der Waals surface area (Å²) in [6.45, 7) is 6.78. The first-order valence-electron chi connectivity index (χ1n) is 9.05. The number of para-hydroxylation sites is 1. The fourth-order valence-electron chi connectivity index (χ4n) is 3.88. The molecular weight excluding hydrogens is 448 g/mol. The molecule has 3 aromatic heterocycles. The zero-order valence-electron chi connectivity index (χ0n) is 15.5. The number of benzene rings is 2. The number of phenols is 1. The fraction of sp³-hybridized carbons (Fsp3) is 0.174. The molecule has 0 spiro atoms. The normalized spacial score (nSPS) is 12.4. The van der Waals surface area contributed by atoms with E-state index in [9.17, 15) is 5.11 Å². The zero-order valence-corrected chi connectivity index (χ0v) is 17.9. The van der Waals surface area contributed by atoms with Crippen molar-refractivity contribution in [3.63, 3.8) is 0 Å². The molecule has 1 N–H and O–H groups in total. The van der Waals surface area contributed by atoms with Gasteiger partial charge in [0.1, 0.15) is 0 Å². The van der Waals surface area contributed by atoms with Gasteiger partial charge in [0.15, 0.2) is 0 Å². The third-order valence-electron chi connectivity index (χ3n) is 5.12. The van der Waals surface area contributed by atoms with E-state index in [1.165, 1.54) is 19.9 Å². The van der Waals surface area contributed by atoms with Crippen molar-refractivity contribution < 1.29 is 5.11 Å². The van der Waals surface area contributed by atoms with Gasteiger partial charge in [0.05, 0.1) is 0 Å². The number of fused-ring (bicyclic) bond motifs is 4. The van der Waals surface area contributed by atoms with E-state index < -0.39 is 0 Å². The number of hydrogen-bond acceptors (Lipinski definition) is 2. The minimum atomic E-state index is -0.377. The van der Waals surface area contributed by atoms with Crippen molar-refractivity contribution in [3.05, 3.63) is 64.2 Å². The molecule has 5 aromatic rings. The summed E-state index contributed by atoms with van der Waals surface area (Å²) in [6.07, 6.45) is 0. The Morgan fingerprint density at radius 3 is 2.48 bits per heavy atom. The van der Waals surface area contributed by atoms with Crippen molar-refractivity contribution in [2.75, 3.05) is 0 Å². The number of aromatic hydroxyl groups is 1. The number of phenolic OH excluding ortho intramolecular Hbond substituents is 1. The Labute approximate surface area is 167 Å². The van der Waals surface area contributed by atoms with E-state index in [1.807, 2.05) is 12.1 Å². The molecule has 0 aliphatic carbocycles. The quantitative estimate of drug-likeness (QED) is 0.335. The molecular formula is C23H20N2OTe. The van der Waals surface area contributed by atoms with Crippen LogP contribution in [-0.4, -0.2) is 35.1 Å². The van der Waals surface area contributed by atoms with Gasteiger partial charge < -0.3 is 0 Å². The Balaban J connectivity index is 1.95. The van der Waals surface area contributed by atoms with Crippen molar-refractivity contribution in [2.24, 2.45) is 0 Å². The van der Waals surface area contributed by atoms with E-state index in [1.54, 1.807) is 6.07 Å². The summed E-state index contributed by atoms with van der Waals surface area (Å²) in [5.74, 6) is 1.23. The molecule has 2 aromatic carbocycles. The predicted molar refractivity (Wildman–Crippen MR) is 113 cm³/mol. The molecule has 27 heavy (non-hydrogen) atoms. The molecule has 3 nitrogen and oxygen atoms in total. The van der Waals surface area contributed by atoms with Crippen LogP contribution in [0.5, 0.6) is 5.75 Å². The van der Waals surface area contributed by atoms with Gasteiger partial charge in [-0.15, -0.1) is 0 Å². The second-order valence-corrected chi connectivity index (χ2v) is 10.5. The SMILES string of the molecule is CC(C)(C)c1cc(-n2c3ccccc3c3ccc(O)cc32)nc2[te]ccc12. The monoisotopic (exact) mass is 470 g/mol. The first-order chi connectivity index (χ1) is 12.9. The Hall–Kier alpha value is -2.28. The van der Waals surface area contributed by atoms with Crippen LogP contribution in [0.15, 0.2) is 58.7 Å². The molecule has 0 amide bonds. The van der Waals surface area contributed by atoms with Crippen molar-refractivity contribution in [3.8, 4) is 11.6 Å². The third kappa shape index (κ3) is 2.59. The van der Waals surface area contributed by atoms with Crippen LogP contribution in [0.25, 0.3) is 36.5 Å². The average molecular weight is 468 g/mol. The van der Waals surface area contributed by atoms with E-state index >= 15 is 0 Å². The molecule has 0 atom stereocenters. The molecule has 134 valence electrons. The van der Waals surface area contributed by atoms with Crippen molar-refractivity contribution in [1.82, 2.24) is 9.55 Å². The molecule has 0 saturated heterocycles. The average Bonchev–Trinajstić information content (AvgIpc) is 3.21. The van der Waals surface area contributed by atoms with Gasteiger partial charge >= 0.3 is 168 Å². The molecule has 0 aliphatic heterocycles. The number of pyridine rings is 1. The van der Waals surface area contributed by atoms with Gasteiger partial charge in [0.2, 0.25) is 0 Å². The molecule has 0 radical (unpaired) electrons. The summed E-state index contributed by atoms with van der Waals surface area (Å²) in [4.78, 5) is 5.08. The summed E-state index contributed by atoms with van der Waals surface area (Å²) in [6, 6.07) is 18.5. The Kier molecular flexibility index (Phi) is 3.66. The Morgan fingerprint density at radius 1 is 0.889 bits per heavy atom. The zero-order chi connectivity index (χ0) is 18.8. The van der Waals surface area contributed by atoms with Gasteiger partial charge in [-0.25, -0.2) is 0 Å². The van der Waals surface area contributed by atoms with Gasteiger partial charge in [-0.1, -0.05) is 0 Å². The summed E-state index contributed by atoms with van der Waals surface area (Å²) in [5, 5.41) is 13.8. The van der Waals surface area contributed by atoms with Crippen LogP contribution in [0.1, 0.15) is 26.3 Å². The molecule has 0 unspecified atom stereocenters. The van der Waals surface area contributed by atoms with Crippen LogP contribution >= 0.6 is 0 Å². The summed E-state index contributed by atoms with van der Waals surface area (Å²) < 4.78 is 5.78. The van der Waals surface area contributed by atoms with Crippen molar-refractivity contribution >= 4 is 51.2 Å². The molecule has 5 rings (SSSR count). The van der Waals surface area contributed by atoms with E-state index in [4.69, 9.17) is 4.98 Å². The van der Waals surface area contributed by atoms with E-state index in [2.05, 4.69) is 65.8 Å². The van der Waals surface area contributed by atoms with E-state index in [0.717, 1.165) is 22.2 Å². The number of nitrogens with zero attached hydrogens (tertiary/aromatic N) is 2. The molecule has 4 heteroatoms. The molecule has 0 aliphatic rings. The first-order valence-corrected chi connectivity index (χ1v) is 11.6. The minimum absolute atomic E-state index is 0.0460. The number of rotatable bonds is 1. The predicted octanol–water partition coefficient (Wildman–Crippen LogP) is 5.39. The van der Waals surface area contributed by atoms with E-state index in [0.29, 0.717) is 0 Å². The Morgan fingerprint density at radius 2 is 1.67 bits per heavy atom. The van der Waals surface area contributed by atoms with Crippen LogP contribution in [0.3, 0.4) is 0 Å². The molecule has 3 heterocycles. The summed E-state index contributed by atoms with van der Waals surface area (Å²) >= 11 is -0.377. The summed E-state index contributed by atoms with van der Waals surface area (Å²) in [5.41, 5.74) is 3.50. The molecule has 0 fully saturated rings. The van der Waals surface area contributed by atoms with Gasteiger partial charge in [-0.2, -0.15) is 0 Å². The van der Waals surface area contributed by atoms with Crippen LogP contribution in [0.4, 0.5) is 0 Å². The van der Waals surface area contributed by atoms with Crippen LogP contribution in [0, 0.1) is 0 Å². The van der Waals surface area contributed by atoms with E-state index in [-0.39, 0.29) is 31.6 Å². The van der Waals surface area contributed by atoms with Gasteiger partial charge in [0.25, 0.3) is 0 Å². The van der Waals surface area contributed by atoms with Gasteiger partial charge in [-0.3, -0.25) is 0 Å². The second kappa shape index (κ2) is 5.86. The third-order valence-corrected chi connectivity index (χ3v) is 7.42. The number of hydrogen-bond donors (Lipinski definition) is 1. The number of aromatic nitrogens is 2. The van der Waals surface area contributed by atoms with Gasteiger partial charge in [0, 0.05) is 0 Å². The van der Waals surface area contributed by atoms with Crippen LogP contribution < -0.4 is 0 Å². The van der Waals surface area contributed by atoms with Crippen LogP contribution in [0.2, 0.25) is 0 Å². The fourth-order valence-corrected chi connectivity index (χ4v) is 6.12. The van der Waals surface area contributed by atoms with Crippen molar-refractivity contribution in [2.45, 2.75) is 26.2 Å². The first kappa shape index (κ1) is 16.9. The molecule has 0 saturated carbocycles. The maximum atomic E-state index is 10.1. The maximum absolute atomic E-state index is 10.1. The standard InChI is InChI=1S/C23H20N2OTe/c1-23(2,3)18-13-21(24-22-17(18)10-11-27-22)25-19-7-5-4-6-15(19)16-9-8-14(26)12-20(16)25/h4-13,26H,1-3H3. The second-order valence-electron chi connectivity index (χ2n) is 7.97. The topological polar surface area (TPSA) is 38.0 Å². The van der Waals surface area contributed by atoms with Crippen LogP contribution in [-0.2, 0) is 5.41 Å². The van der Waals surface area contributed by atoms with Crippen molar-refractivity contribution in [1.29, 1.82) is 0 Å². The van der Waals surface area contributed by atoms with Gasteiger partial charge in [-0.05, 0) is 0 Å².